The molecule has 0 saturated heterocycles. The second-order valence-electron chi connectivity index (χ2n) is 4.69. The molecule has 0 aliphatic carbocycles. The number of rotatable bonds is 5. The summed E-state index contributed by atoms with van der Waals surface area (Å²) in [5.74, 6) is -0.331. The highest BCUT2D eigenvalue weighted by Crippen LogP contribution is 2.23. The zero-order valence-corrected chi connectivity index (χ0v) is 11.6. The van der Waals surface area contributed by atoms with Gasteiger partial charge in [-0.15, -0.1) is 0 Å². The van der Waals surface area contributed by atoms with E-state index in [4.69, 9.17) is 4.74 Å². The van der Waals surface area contributed by atoms with Crippen molar-refractivity contribution < 1.29 is 9.53 Å². The quantitative estimate of drug-likeness (QED) is 0.603. The molecule has 2 aromatic rings. The van der Waals surface area contributed by atoms with Crippen molar-refractivity contribution in [2.45, 2.75) is 13.3 Å². The molecule has 0 saturated carbocycles. The average molecular weight is 266 g/mol. The molecule has 0 radical (unpaired) electrons. The van der Waals surface area contributed by atoms with Crippen LogP contribution in [0, 0.1) is 0 Å². The van der Waals surface area contributed by atoms with Gasteiger partial charge in [-0.1, -0.05) is 61.2 Å². The van der Waals surface area contributed by atoms with Gasteiger partial charge in [-0.05, 0) is 23.6 Å². The number of ether oxygens (including phenoxy) is 1. The highest BCUT2D eigenvalue weighted by atomic mass is 16.5. The van der Waals surface area contributed by atoms with E-state index in [9.17, 15) is 4.79 Å². The van der Waals surface area contributed by atoms with Crippen molar-refractivity contribution >= 4 is 5.97 Å². The van der Waals surface area contributed by atoms with Crippen LogP contribution in [0.1, 0.15) is 12.5 Å². The van der Waals surface area contributed by atoms with Gasteiger partial charge in [0.25, 0.3) is 0 Å². The van der Waals surface area contributed by atoms with Crippen molar-refractivity contribution in [1.82, 2.24) is 0 Å². The van der Waals surface area contributed by atoms with E-state index in [1.165, 1.54) is 16.7 Å². The standard InChI is InChI=1S/C18H18O2/c1-14(2)18(19)20-13-12-16-10-6-7-11-17(16)15-8-4-3-5-9-15/h3-11H,1,12-13H2,2H3. The Morgan fingerprint density at radius 1 is 1.05 bits per heavy atom. The molecule has 2 rings (SSSR count). The van der Waals surface area contributed by atoms with Crippen LogP contribution in [-0.4, -0.2) is 12.6 Å². The Kier molecular flexibility index (Phi) is 4.72. The third kappa shape index (κ3) is 3.58. The lowest BCUT2D eigenvalue weighted by atomic mass is 9.98. The molecule has 0 aliphatic rings. The lowest BCUT2D eigenvalue weighted by Crippen LogP contribution is -2.08. The first-order valence-corrected chi connectivity index (χ1v) is 6.64. The Morgan fingerprint density at radius 3 is 2.40 bits per heavy atom. The van der Waals surface area contributed by atoms with Crippen molar-refractivity contribution in [3.63, 3.8) is 0 Å². The molecule has 2 nitrogen and oxygen atoms in total. The molecule has 0 N–H and O–H groups in total. The first-order valence-electron chi connectivity index (χ1n) is 6.64. The number of carbonyl (C=O) groups excluding carboxylic acids is 1. The van der Waals surface area contributed by atoms with E-state index in [0.29, 0.717) is 18.6 Å². The van der Waals surface area contributed by atoms with Gasteiger partial charge in [0.1, 0.15) is 0 Å². The van der Waals surface area contributed by atoms with E-state index in [2.05, 4.69) is 30.8 Å². The van der Waals surface area contributed by atoms with E-state index >= 15 is 0 Å². The Hall–Kier alpha value is -2.35. The molecule has 0 fully saturated rings. The number of hydrogen-bond acceptors (Lipinski definition) is 2. The minimum atomic E-state index is -0.331. The maximum Gasteiger partial charge on any atom is 0.333 e. The summed E-state index contributed by atoms with van der Waals surface area (Å²) in [5.41, 5.74) is 3.96. The zero-order valence-electron chi connectivity index (χ0n) is 11.6. The molecule has 0 atom stereocenters. The summed E-state index contributed by atoms with van der Waals surface area (Å²) in [7, 11) is 0. The largest absolute Gasteiger partial charge is 0.462 e. The van der Waals surface area contributed by atoms with Crippen LogP contribution in [0.5, 0.6) is 0 Å². The van der Waals surface area contributed by atoms with Gasteiger partial charge in [0.15, 0.2) is 0 Å². The molecule has 0 amide bonds. The first-order chi connectivity index (χ1) is 9.68. The lowest BCUT2D eigenvalue weighted by molar-refractivity contribution is -0.138. The van der Waals surface area contributed by atoms with Crippen LogP contribution in [0.25, 0.3) is 11.1 Å². The summed E-state index contributed by atoms with van der Waals surface area (Å²) >= 11 is 0. The predicted octanol–water partition coefficient (Wildman–Crippen LogP) is 4.02. The topological polar surface area (TPSA) is 26.3 Å². The van der Waals surface area contributed by atoms with E-state index in [1.54, 1.807) is 6.92 Å². The molecule has 0 unspecified atom stereocenters. The lowest BCUT2D eigenvalue weighted by Gasteiger charge is -2.10. The van der Waals surface area contributed by atoms with E-state index < -0.39 is 0 Å². The van der Waals surface area contributed by atoms with Crippen molar-refractivity contribution in [2.24, 2.45) is 0 Å². The van der Waals surface area contributed by atoms with Gasteiger partial charge in [-0.2, -0.15) is 0 Å². The molecule has 0 bridgehead atoms. The van der Waals surface area contributed by atoms with Gasteiger partial charge in [0, 0.05) is 12.0 Å². The van der Waals surface area contributed by atoms with Crippen molar-refractivity contribution in [2.75, 3.05) is 6.61 Å². The van der Waals surface area contributed by atoms with Crippen molar-refractivity contribution in [3.8, 4) is 11.1 Å². The minimum absolute atomic E-state index is 0.331. The predicted molar refractivity (Wildman–Crippen MR) is 81.4 cm³/mol. The fourth-order valence-electron chi connectivity index (χ4n) is 2.01. The number of carbonyl (C=O) groups is 1. The normalized spacial score (nSPS) is 10.1. The van der Waals surface area contributed by atoms with Crippen LogP contribution in [0.2, 0.25) is 0 Å². The van der Waals surface area contributed by atoms with Gasteiger partial charge < -0.3 is 4.74 Å². The van der Waals surface area contributed by atoms with Crippen LogP contribution in [0.4, 0.5) is 0 Å². The molecular weight excluding hydrogens is 248 g/mol. The molecule has 102 valence electrons. The highest BCUT2D eigenvalue weighted by molar-refractivity contribution is 5.86. The Labute approximate surface area is 119 Å². The molecule has 0 spiro atoms. The summed E-state index contributed by atoms with van der Waals surface area (Å²) in [6, 6.07) is 18.4. The van der Waals surface area contributed by atoms with E-state index in [-0.39, 0.29) is 5.97 Å². The fraction of sp³-hybridized carbons (Fsp3) is 0.167. The van der Waals surface area contributed by atoms with Crippen LogP contribution in [0.15, 0.2) is 66.7 Å². The molecule has 0 aliphatic heterocycles. The second kappa shape index (κ2) is 6.71. The second-order valence-corrected chi connectivity index (χ2v) is 4.69. The Balaban J connectivity index is 2.09. The number of benzene rings is 2. The molecule has 20 heavy (non-hydrogen) atoms. The maximum atomic E-state index is 11.4. The zero-order chi connectivity index (χ0) is 14.4. The van der Waals surface area contributed by atoms with E-state index in [0.717, 1.165) is 0 Å². The molecule has 0 aromatic heterocycles. The van der Waals surface area contributed by atoms with Gasteiger partial charge in [0.2, 0.25) is 0 Å². The smallest absolute Gasteiger partial charge is 0.333 e. The average Bonchev–Trinajstić information content (AvgIpc) is 2.48. The van der Waals surface area contributed by atoms with Crippen LogP contribution in [-0.2, 0) is 16.0 Å². The maximum absolute atomic E-state index is 11.4. The molecule has 2 heteroatoms. The van der Waals surface area contributed by atoms with Crippen molar-refractivity contribution in [3.05, 3.63) is 72.3 Å². The van der Waals surface area contributed by atoms with Gasteiger partial charge in [0.05, 0.1) is 6.61 Å². The first kappa shape index (κ1) is 14.1. The van der Waals surface area contributed by atoms with Crippen LogP contribution in [0.3, 0.4) is 0 Å². The molecule has 0 heterocycles. The molecular formula is C18H18O2. The summed E-state index contributed by atoms with van der Waals surface area (Å²) in [5, 5.41) is 0. The summed E-state index contributed by atoms with van der Waals surface area (Å²) in [6.45, 7) is 5.59. The van der Waals surface area contributed by atoms with Crippen molar-refractivity contribution in [1.29, 1.82) is 0 Å². The van der Waals surface area contributed by atoms with Crippen LogP contribution >= 0.6 is 0 Å². The summed E-state index contributed by atoms with van der Waals surface area (Å²) < 4.78 is 5.16. The Morgan fingerprint density at radius 2 is 1.70 bits per heavy atom. The third-order valence-corrected chi connectivity index (χ3v) is 3.06. The SMILES string of the molecule is C=C(C)C(=O)OCCc1ccccc1-c1ccccc1. The van der Waals surface area contributed by atoms with E-state index in [1.807, 2.05) is 30.3 Å². The van der Waals surface area contributed by atoms with Crippen LogP contribution < -0.4 is 0 Å². The van der Waals surface area contributed by atoms with Gasteiger partial charge in [-0.25, -0.2) is 4.79 Å². The fourth-order valence-corrected chi connectivity index (χ4v) is 2.01. The molecule has 2 aromatic carbocycles. The van der Waals surface area contributed by atoms with Gasteiger partial charge in [-0.3, -0.25) is 0 Å². The minimum Gasteiger partial charge on any atom is -0.462 e. The summed E-state index contributed by atoms with van der Waals surface area (Å²) in [4.78, 5) is 11.4. The third-order valence-electron chi connectivity index (χ3n) is 3.06. The Bertz CT molecular complexity index is 600. The number of esters is 1. The monoisotopic (exact) mass is 266 g/mol. The highest BCUT2D eigenvalue weighted by Gasteiger charge is 2.06. The summed E-state index contributed by atoms with van der Waals surface area (Å²) in [6.07, 6.45) is 0.698. The number of hydrogen-bond donors (Lipinski definition) is 0. The van der Waals surface area contributed by atoms with Gasteiger partial charge >= 0.3 is 5.97 Å².